The molecule has 0 saturated heterocycles. The summed E-state index contributed by atoms with van der Waals surface area (Å²) in [5, 5.41) is 14.0. The van der Waals surface area contributed by atoms with E-state index in [1.807, 2.05) is 6.92 Å². The Bertz CT molecular complexity index is 337. The molecule has 2 aromatic rings. The van der Waals surface area contributed by atoms with Gasteiger partial charge in [0.1, 0.15) is 5.82 Å². The lowest BCUT2D eigenvalue weighted by molar-refractivity contribution is 0.881. The lowest BCUT2D eigenvalue weighted by Crippen LogP contribution is -1.79. The fourth-order valence-corrected chi connectivity index (χ4v) is 1.24. The number of H-pyrrole nitrogens is 1. The highest BCUT2D eigenvalue weighted by Gasteiger charge is 2.06. The van der Waals surface area contributed by atoms with E-state index in [4.69, 9.17) is 0 Å². The van der Waals surface area contributed by atoms with Crippen molar-refractivity contribution in [2.75, 3.05) is 0 Å². The lowest BCUT2D eigenvalue weighted by atomic mass is 10.6. The molecule has 0 saturated carbocycles. The van der Waals surface area contributed by atoms with Crippen LogP contribution in [0.15, 0.2) is 0 Å². The third-order valence-electron chi connectivity index (χ3n) is 1.06. The summed E-state index contributed by atoms with van der Waals surface area (Å²) in [4.78, 5) is 4.08. The van der Waals surface area contributed by atoms with Gasteiger partial charge < -0.3 is 0 Å². The van der Waals surface area contributed by atoms with Crippen LogP contribution in [-0.2, 0) is 0 Å². The van der Waals surface area contributed by atoms with Gasteiger partial charge >= 0.3 is 0 Å². The van der Waals surface area contributed by atoms with Crippen molar-refractivity contribution >= 4 is 11.5 Å². The van der Waals surface area contributed by atoms with Gasteiger partial charge in [-0.1, -0.05) is 0 Å². The first-order chi connectivity index (χ1) is 5.36. The summed E-state index contributed by atoms with van der Waals surface area (Å²) < 4.78 is 3.98. The average molecular weight is 168 g/mol. The molecule has 0 atom stereocenters. The van der Waals surface area contributed by atoms with E-state index in [9.17, 15) is 0 Å². The lowest BCUT2D eigenvalue weighted by Gasteiger charge is -1.77. The minimum Gasteiger partial charge on any atom is -0.216 e. The van der Waals surface area contributed by atoms with Crippen LogP contribution in [0.2, 0.25) is 0 Å². The van der Waals surface area contributed by atoms with Gasteiger partial charge in [0.05, 0.1) is 0 Å². The summed E-state index contributed by atoms with van der Waals surface area (Å²) in [5.41, 5.74) is 0. The second kappa shape index (κ2) is 2.35. The number of nitrogens with one attached hydrogen (secondary N) is 1. The number of nitrogens with zero attached hydrogens (tertiary/aromatic N) is 5. The van der Waals surface area contributed by atoms with E-state index in [1.165, 1.54) is 11.5 Å². The van der Waals surface area contributed by atoms with Crippen molar-refractivity contribution in [2.45, 2.75) is 6.92 Å². The molecule has 2 heterocycles. The van der Waals surface area contributed by atoms with Gasteiger partial charge in [-0.3, -0.25) is 0 Å². The molecule has 7 heteroatoms. The third kappa shape index (κ3) is 1.09. The molecule has 0 aromatic carbocycles. The summed E-state index contributed by atoms with van der Waals surface area (Å²) in [6.45, 7) is 1.82. The summed E-state index contributed by atoms with van der Waals surface area (Å²) in [6.07, 6.45) is 0. The predicted molar refractivity (Wildman–Crippen MR) is 37.8 cm³/mol. The third-order valence-corrected chi connectivity index (χ3v) is 1.87. The minimum atomic E-state index is 0.496. The van der Waals surface area contributed by atoms with Crippen LogP contribution in [0.3, 0.4) is 0 Å². The van der Waals surface area contributed by atoms with Gasteiger partial charge in [0.25, 0.3) is 0 Å². The summed E-state index contributed by atoms with van der Waals surface area (Å²) in [5.74, 6) is 1.23. The Labute approximate surface area is 65.8 Å². The van der Waals surface area contributed by atoms with Gasteiger partial charge in [0, 0.05) is 0 Å². The molecule has 2 aromatic heterocycles. The van der Waals surface area contributed by atoms with Gasteiger partial charge in [0.15, 0.2) is 5.01 Å². The van der Waals surface area contributed by atoms with Crippen molar-refractivity contribution in [2.24, 2.45) is 0 Å². The molecule has 0 aliphatic heterocycles. The van der Waals surface area contributed by atoms with Crippen molar-refractivity contribution in [1.29, 1.82) is 0 Å². The van der Waals surface area contributed by atoms with E-state index in [0.717, 1.165) is 5.82 Å². The van der Waals surface area contributed by atoms with Crippen LogP contribution in [0, 0.1) is 6.92 Å². The predicted octanol–water partition coefficient (Wildman–Crippen LogP) is 0.0266. The van der Waals surface area contributed by atoms with Gasteiger partial charge in [-0.05, 0) is 23.7 Å². The van der Waals surface area contributed by atoms with Crippen LogP contribution in [0.1, 0.15) is 5.82 Å². The van der Waals surface area contributed by atoms with Crippen molar-refractivity contribution in [3.8, 4) is 10.8 Å². The van der Waals surface area contributed by atoms with E-state index in [2.05, 4.69) is 30.0 Å². The number of tetrazole rings is 1. The zero-order valence-corrected chi connectivity index (χ0v) is 6.46. The number of aryl methyl sites for hydroxylation is 1. The SMILES string of the molecule is Cc1nsc(-c2nn[nH]n2)n1. The van der Waals surface area contributed by atoms with Crippen molar-refractivity contribution in [3.63, 3.8) is 0 Å². The second-order valence-electron chi connectivity index (χ2n) is 1.88. The molecule has 0 unspecified atom stereocenters. The summed E-state index contributed by atoms with van der Waals surface area (Å²) in [7, 11) is 0. The molecule has 2 rings (SSSR count). The van der Waals surface area contributed by atoms with E-state index in [-0.39, 0.29) is 0 Å². The maximum absolute atomic E-state index is 4.08. The van der Waals surface area contributed by atoms with Crippen LogP contribution in [-0.4, -0.2) is 30.0 Å². The highest BCUT2D eigenvalue weighted by Crippen LogP contribution is 2.14. The molecular formula is C4H4N6S. The largest absolute Gasteiger partial charge is 0.234 e. The normalized spacial score (nSPS) is 10.3. The average Bonchev–Trinajstić information content (AvgIpc) is 2.55. The van der Waals surface area contributed by atoms with Crippen molar-refractivity contribution in [1.82, 2.24) is 30.0 Å². The Morgan fingerprint density at radius 2 is 2.36 bits per heavy atom. The maximum atomic E-state index is 4.08. The smallest absolute Gasteiger partial charge is 0.216 e. The van der Waals surface area contributed by atoms with Crippen LogP contribution >= 0.6 is 11.5 Å². The number of rotatable bonds is 1. The highest BCUT2D eigenvalue weighted by molar-refractivity contribution is 7.09. The Morgan fingerprint density at radius 1 is 1.45 bits per heavy atom. The number of hydrogen-bond acceptors (Lipinski definition) is 6. The highest BCUT2D eigenvalue weighted by atomic mass is 32.1. The molecule has 0 bridgehead atoms. The first-order valence-corrected chi connectivity index (χ1v) is 3.68. The quantitative estimate of drug-likeness (QED) is 0.649. The molecule has 11 heavy (non-hydrogen) atoms. The van der Waals surface area contributed by atoms with E-state index in [1.54, 1.807) is 0 Å². The molecule has 0 spiro atoms. The first kappa shape index (κ1) is 6.35. The molecule has 1 N–H and O–H groups in total. The van der Waals surface area contributed by atoms with Crippen LogP contribution in [0.5, 0.6) is 0 Å². The van der Waals surface area contributed by atoms with Gasteiger partial charge in [-0.2, -0.15) is 9.59 Å². The van der Waals surface area contributed by atoms with Gasteiger partial charge in [0.2, 0.25) is 5.82 Å². The van der Waals surface area contributed by atoms with E-state index < -0.39 is 0 Å². The molecule has 0 amide bonds. The van der Waals surface area contributed by atoms with Crippen LogP contribution in [0.4, 0.5) is 0 Å². The molecule has 56 valence electrons. The summed E-state index contributed by atoms with van der Waals surface area (Å²) in [6, 6.07) is 0. The number of aromatic nitrogens is 6. The zero-order chi connectivity index (χ0) is 7.68. The topological polar surface area (TPSA) is 80.2 Å². The first-order valence-electron chi connectivity index (χ1n) is 2.90. The Balaban J connectivity index is 2.45. The molecule has 0 fully saturated rings. The number of aromatic amines is 1. The standard InChI is InChI=1S/C4H4N6S/c1-2-5-4(11-8-2)3-6-9-10-7-3/h1H3,(H,6,7,9,10). The van der Waals surface area contributed by atoms with Crippen molar-refractivity contribution in [3.05, 3.63) is 5.82 Å². The summed E-state index contributed by atoms with van der Waals surface area (Å²) >= 11 is 1.26. The monoisotopic (exact) mass is 168 g/mol. The van der Waals surface area contributed by atoms with Crippen LogP contribution in [0.25, 0.3) is 10.8 Å². The molecule has 0 aliphatic carbocycles. The Kier molecular flexibility index (Phi) is 1.35. The van der Waals surface area contributed by atoms with E-state index in [0.29, 0.717) is 10.8 Å². The van der Waals surface area contributed by atoms with Crippen molar-refractivity contribution < 1.29 is 0 Å². The van der Waals surface area contributed by atoms with E-state index >= 15 is 0 Å². The van der Waals surface area contributed by atoms with Crippen LogP contribution < -0.4 is 0 Å². The molecular weight excluding hydrogens is 164 g/mol. The van der Waals surface area contributed by atoms with Gasteiger partial charge in [-0.25, -0.2) is 4.98 Å². The van der Waals surface area contributed by atoms with Gasteiger partial charge in [-0.15, -0.1) is 10.2 Å². The maximum Gasteiger partial charge on any atom is 0.234 e. The fourth-order valence-electron chi connectivity index (χ4n) is 0.640. The fraction of sp³-hybridized carbons (Fsp3) is 0.250. The zero-order valence-electron chi connectivity index (χ0n) is 5.64. The molecule has 6 nitrogen and oxygen atoms in total. The number of hydrogen-bond donors (Lipinski definition) is 1. The Morgan fingerprint density at radius 3 is 2.91 bits per heavy atom. The minimum absolute atomic E-state index is 0.496. The molecule has 0 radical (unpaired) electrons. The molecule has 0 aliphatic rings. The Hall–Kier alpha value is -1.37. The second-order valence-corrected chi connectivity index (χ2v) is 2.63.